The summed E-state index contributed by atoms with van der Waals surface area (Å²) in [6.07, 6.45) is -5.70. The molecule has 2 rings (SSSR count). The van der Waals surface area contributed by atoms with Gasteiger partial charge in [-0.2, -0.15) is 13.2 Å². The van der Waals surface area contributed by atoms with Gasteiger partial charge in [-0.3, -0.25) is 0 Å². The molecule has 0 aliphatic rings. The molecule has 2 aromatic rings. The van der Waals surface area contributed by atoms with E-state index >= 15 is 0 Å². The van der Waals surface area contributed by atoms with Crippen molar-refractivity contribution in [3.8, 4) is 0 Å². The van der Waals surface area contributed by atoms with Gasteiger partial charge >= 0.3 is 12.3 Å². The predicted molar refractivity (Wildman–Crippen MR) is 81.9 cm³/mol. The lowest BCUT2D eigenvalue weighted by Gasteiger charge is -2.20. The average Bonchev–Trinajstić information content (AvgIpc) is 2.53. The number of carbonyl (C=O) groups is 1. The molecule has 7 heteroatoms. The fourth-order valence-corrected chi connectivity index (χ4v) is 2.56. The second kappa shape index (κ2) is 7.92. The Labute approximate surface area is 135 Å². The zero-order valence-electron chi connectivity index (χ0n) is 11.9. The Kier molecular flexibility index (Phi) is 5.92. The van der Waals surface area contributed by atoms with Crippen molar-refractivity contribution < 1.29 is 22.7 Å². The van der Waals surface area contributed by atoms with Crippen LogP contribution >= 0.6 is 11.8 Å². The first-order valence-electron chi connectivity index (χ1n) is 6.71. The molecule has 122 valence electrons. The zero-order valence-corrected chi connectivity index (χ0v) is 12.7. The molecular weight excluding hydrogens is 327 g/mol. The largest absolute Gasteiger partial charge is 0.445 e. The van der Waals surface area contributed by atoms with Gasteiger partial charge in [0.15, 0.2) is 5.37 Å². The predicted octanol–water partition coefficient (Wildman–Crippen LogP) is 4.59. The normalized spacial score (nSPS) is 12.5. The minimum absolute atomic E-state index is 0.0900. The van der Waals surface area contributed by atoms with E-state index in [2.05, 4.69) is 0 Å². The third-order valence-corrected chi connectivity index (χ3v) is 3.92. The van der Waals surface area contributed by atoms with Crippen LogP contribution in [0.1, 0.15) is 5.56 Å². The van der Waals surface area contributed by atoms with Gasteiger partial charge in [0.1, 0.15) is 6.61 Å². The molecule has 0 fully saturated rings. The topological polar surface area (TPSA) is 38.3 Å². The summed E-state index contributed by atoms with van der Waals surface area (Å²) in [5.41, 5.74) is 0.696. The van der Waals surface area contributed by atoms with Gasteiger partial charge in [-0.05, 0) is 17.7 Å². The van der Waals surface area contributed by atoms with Crippen LogP contribution in [0.5, 0.6) is 0 Å². The number of benzene rings is 2. The highest BCUT2D eigenvalue weighted by Gasteiger charge is 2.42. The van der Waals surface area contributed by atoms with Crippen LogP contribution in [0.4, 0.5) is 18.0 Å². The summed E-state index contributed by atoms with van der Waals surface area (Å²) in [6.45, 7) is -0.0900. The number of rotatable bonds is 5. The highest BCUT2D eigenvalue weighted by Crippen LogP contribution is 2.33. The zero-order chi connectivity index (χ0) is 16.7. The molecule has 2 aromatic carbocycles. The van der Waals surface area contributed by atoms with Crippen LogP contribution < -0.4 is 5.32 Å². The number of halogens is 3. The molecule has 0 aliphatic heterocycles. The number of alkyl carbamates (subject to hydrolysis) is 1. The third-order valence-electron chi connectivity index (χ3n) is 2.76. The summed E-state index contributed by atoms with van der Waals surface area (Å²) in [5.74, 6) is 0. The van der Waals surface area contributed by atoms with Gasteiger partial charge in [0.05, 0.1) is 0 Å². The maximum absolute atomic E-state index is 13.0. The first-order chi connectivity index (χ1) is 10.9. The van der Waals surface area contributed by atoms with Crippen molar-refractivity contribution >= 4 is 17.9 Å². The minimum atomic E-state index is -4.59. The molecule has 0 aliphatic carbocycles. The summed E-state index contributed by atoms with van der Waals surface area (Å²) in [6, 6.07) is 16.8. The van der Waals surface area contributed by atoms with Crippen LogP contribution in [0.3, 0.4) is 0 Å². The van der Waals surface area contributed by atoms with Gasteiger partial charge in [-0.25, -0.2) is 4.79 Å². The molecule has 1 unspecified atom stereocenters. The van der Waals surface area contributed by atoms with Crippen molar-refractivity contribution in [2.45, 2.75) is 23.1 Å². The Morgan fingerprint density at radius 2 is 1.61 bits per heavy atom. The lowest BCUT2D eigenvalue weighted by atomic mass is 10.2. The summed E-state index contributed by atoms with van der Waals surface area (Å²) < 4.78 is 43.9. The Morgan fingerprint density at radius 1 is 1.04 bits per heavy atom. The number of alkyl halides is 3. The highest BCUT2D eigenvalue weighted by atomic mass is 32.2. The number of nitrogens with one attached hydrogen (secondary N) is 1. The first-order valence-corrected chi connectivity index (χ1v) is 7.59. The molecule has 0 saturated carbocycles. The van der Waals surface area contributed by atoms with Crippen LogP contribution in [0.2, 0.25) is 0 Å². The van der Waals surface area contributed by atoms with Crippen molar-refractivity contribution in [3.05, 3.63) is 66.2 Å². The van der Waals surface area contributed by atoms with Gasteiger partial charge in [-0.1, -0.05) is 60.3 Å². The van der Waals surface area contributed by atoms with Crippen LogP contribution in [0.15, 0.2) is 65.6 Å². The van der Waals surface area contributed by atoms with Crippen molar-refractivity contribution in [2.24, 2.45) is 0 Å². The molecule has 1 amide bonds. The lowest BCUT2D eigenvalue weighted by Crippen LogP contribution is -2.43. The maximum atomic E-state index is 13.0. The van der Waals surface area contributed by atoms with E-state index in [1.165, 1.54) is 0 Å². The average molecular weight is 341 g/mol. The molecular formula is C16H14F3NO2S. The molecule has 23 heavy (non-hydrogen) atoms. The molecule has 0 heterocycles. The van der Waals surface area contributed by atoms with E-state index in [4.69, 9.17) is 4.74 Å². The van der Waals surface area contributed by atoms with Gasteiger partial charge in [0.25, 0.3) is 0 Å². The van der Waals surface area contributed by atoms with Crippen molar-refractivity contribution in [3.63, 3.8) is 0 Å². The Balaban J connectivity index is 1.93. The molecule has 0 radical (unpaired) electrons. The van der Waals surface area contributed by atoms with Gasteiger partial charge in [-0.15, -0.1) is 0 Å². The Hall–Kier alpha value is -2.15. The monoisotopic (exact) mass is 341 g/mol. The van der Waals surface area contributed by atoms with E-state index in [1.807, 2.05) is 5.32 Å². The first kappa shape index (κ1) is 17.2. The van der Waals surface area contributed by atoms with E-state index < -0.39 is 17.6 Å². The number of amides is 1. The molecule has 0 saturated heterocycles. The van der Waals surface area contributed by atoms with Gasteiger partial charge in [0.2, 0.25) is 0 Å². The minimum Gasteiger partial charge on any atom is -0.445 e. The molecule has 1 atom stereocenters. The van der Waals surface area contributed by atoms with Crippen molar-refractivity contribution in [1.82, 2.24) is 5.32 Å². The van der Waals surface area contributed by atoms with E-state index in [9.17, 15) is 18.0 Å². The molecule has 0 bridgehead atoms. The van der Waals surface area contributed by atoms with Crippen molar-refractivity contribution in [1.29, 1.82) is 0 Å². The standard InChI is InChI=1S/C16H14F3NO2S/c17-16(18,19)14(23-13-9-5-2-6-10-13)20-15(21)22-11-12-7-3-1-4-8-12/h1-10,14H,11H2,(H,20,21). The smallest absolute Gasteiger partial charge is 0.418 e. The van der Waals surface area contributed by atoms with Crippen LogP contribution in [0.25, 0.3) is 0 Å². The number of carbonyl (C=O) groups excluding carboxylic acids is 1. The quantitative estimate of drug-likeness (QED) is 0.638. The molecule has 1 N–H and O–H groups in total. The highest BCUT2D eigenvalue weighted by molar-refractivity contribution is 8.00. The van der Waals surface area contributed by atoms with E-state index in [1.54, 1.807) is 60.7 Å². The summed E-state index contributed by atoms with van der Waals surface area (Å²) >= 11 is 0.509. The second-order valence-electron chi connectivity index (χ2n) is 4.56. The van der Waals surface area contributed by atoms with Gasteiger partial charge in [0, 0.05) is 4.90 Å². The third kappa shape index (κ3) is 5.86. The Morgan fingerprint density at radius 3 is 2.17 bits per heavy atom. The number of thioether (sulfide) groups is 1. The Bertz CT molecular complexity index is 620. The number of hydrogen-bond acceptors (Lipinski definition) is 3. The van der Waals surface area contributed by atoms with E-state index in [0.717, 1.165) is 0 Å². The summed E-state index contributed by atoms with van der Waals surface area (Å²) in [5, 5.41) is -0.223. The molecule has 0 aromatic heterocycles. The van der Waals surface area contributed by atoms with Gasteiger partial charge < -0.3 is 10.1 Å². The van der Waals surface area contributed by atoms with Crippen LogP contribution in [-0.4, -0.2) is 17.6 Å². The maximum Gasteiger partial charge on any atom is 0.418 e. The number of ether oxygens (including phenoxy) is 1. The number of hydrogen-bond donors (Lipinski definition) is 1. The van der Waals surface area contributed by atoms with Crippen LogP contribution in [0, 0.1) is 0 Å². The summed E-state index contributed by atoms with van der Waals surface area (Å²) in [7, 11) is 0. The molecule has 0 spiro atoms. The fraction of sp³-hybridized carbons (Fsp3) is 0.188. The SMILES string of the molecule is O=C(NC(Sc1ccccc1)C(F)(F)F)OCc1ccccc1. The van der Waals surface area contributed by atoms with Crippen molar-refractivity contribution in [2.75, 3.05) is 0 Å². The van der Waals surface area contributed by atoms with Crippen LogP contribution in [-0.2, 0) is 11.3 Å². The second-order valence-corrected chi connectivity index (χ2v) is 5.74. The van der Waals surface area contributed by atoms with E-state index in [-0.39, 0.29) is 6.61 Å². The lowest BCUT2D eigenvalue weighted by molar-refractivity contribution is -0.133. The summed E-state index contributed by atoms with van der Waals surface area (Å²) in [4.78, 5) is 12.0. The fourth-order valence-electron chi connectivity index (χ4n) is 1.69. The molecule has 3 nitrogen and oxygen atoms in total. The van der Waals surface area contributed by atoms with E-state index in [0.29, 0.717) is 22.2 Å².